The molecule has 1 aliphatic rings. The molecule has 0 amide bonds. The van der Waals surface area contributed by atoms with Crippen molar-refractivity contribution in [2.24, 2.45) is 0 Å². The molecule has 0 aromatic heterocycles. The highest BCUT2D eigenvalue weighted by molar-refractivity contribution is 6.30. The molecule has 1 aromatic carbocycles. The summed E-state index contributed by atoms with van der Waals surface area (Å²) in [5.74, 6) is 0. The summed E-state index contributed by atoms with van der Waals surface area (Å²) in [7, 11) is 0. The molecule has 2 rings (SSSR count). The molecule has 0 N–H and O–H groups in total. The van der Waals surface area contributed by atoms with Gasteiger partial charge >= 0.3 is 0 Å². The van der Waals surface area contributed by atoms with E-state index in [0.29, 0.717) is 0 Å². The second kappa shape index (κ2) is 5.38. The van der Waals surface area contributed by atoms with Crippen LogP contribution in [0.25, 0.3) is 0 Å². The molecule has 0 aliphatic carbocycles. The van der Waals surface area contributed by atoms with E-state index in [1.807, 2.05) is 19.9 Å². The van der Waals surface area contributed by atoms with E-state index in [0.717, 1.165) is 24.7 Å². The summed E-state index contributed by atoms with van der Waals surface area (Å²) < 4.78 is 0. The van der Waals surface area contributed by atoms with E-state index in [1.54, 1.807) is 0 Å². The van der Waals surface area contributed by atoms with Crippen molar-refractivity contribution in [3.8, 4) is 0 Å². The zero-order chi connectivity index (χ0) is 10.6. The average molecular weight is 212 g/mol. The molecule has 0 atom stereocenters. The Hall–Kier alpha value is -0.530. The van der Waals surface area contributed by atoms with Gasteiger partial charge in [0.15, 0.2) is 0 Å². The summed E-state index contributed by atoms with van der Waals surface area (Å²) in [6, 6.07) is 6.18. The summed E-state index contributed by atoms with van der Waals surface area (Å²) in [5, 5.41) is 0.853. The summed E-state index contributed by atoms with van der Waals surface area (Å²) in [6.07, 6.45) is 0. The van der Waals surface area contributed by atoms with Crippen LogP contribution in [0.4, 0.5) is 0 Å². The van der Waals surface area contributed by atoms with Crippen LogP contribution in [-0.2, 0) is 13.1 Å². The first kappa shape index (κ1) is 11.5. The van der Waals surface area contributed by atoms with Crippen LogP contribution in [0.15, 0.2) is 18.2 Å². The first-order valence-electron chi connectivity index (χ1n) is 5.29. The van der Waals surface area contributed by atoms with Gasteiger partial charge in [0.1, 0.15) is 0 Å². The van der Waals surface area contributed by atoms with Gasteiger partial charge in [-0.3, -0.25) is 4.90 Å². The predicted molar refractivity (Wildman–Crippen MR) is 62.6 cm³/mol. The smallest absolute Gasteiger partial charge is 0.0409 e. The van der Waals surface area contributed by atoms with Gasteiger partial charge in [0.2, 0.25) is 0 Å². The zero-order valence-corrected chi connectivity index (χ0v) is 9.93. The molecular formula is C12H18ClN. The van der Waals surface area contributed by atoms with E-state index in [9.17, 15) is 0 Å². The molecule has 0 fully saturated rings. The topological polar surface area (TPSA) is 3.24 Å². The van der Waals surface area contributed by atoms with Gasteiger partial charge in [0.05, 0.1) is 0 Å². The molecule has 1 aliphatic heterocycles. The number of benzene rings is 1. The fourth-order valence-corrected chi connectivity index (χ4v) is 1.85. The number of fused-ring (bicyclic) bond motifs is 1. The van der Waals surface area contributed by atoms with E-state index in [-0.39, 0.29) is 0 Å². The highest BCUT2D eigenvalue weighted by atomic mass is 35.5. The molecule has 14 heavy (non-hydrogen) atoms. The molecule has 2 heteroatoms. The lowest BCUT2D eigenvalue weighted by Crippen LogP contribution is -2.14. The lowest BCUT2D eigenvalue weighted by molar-refractivity contribution is 0.301. The fourth-order valence-electron chi connectivity index (χ4n) is 1.66. The molecule has 1 aromatic rings. The second-order valence-electron chi connectivity index (χ2n) is 3.22. The Morgan fingerprint density at radius 3 is 2.50 bits per heavy atom. The van der Waals surface area contributed by atoms with Crippen molar-refractivity contribution < 1.29 is 0 Å². The molecule has 78 valence electrons. The Balaban J connectivity index is 0.000000461. The van der Waals surface area contributed by atoms with Crippen LogP contribution in [-0.4, -0.2) is 11.4 Å². The Morgan fingerprint density at radius 1 is 1.21 bits per heavy atom. The van der Waals surface area contributed by atoms with Gasteiger partial charge in [0, 0.05) is 18.1 Å². The summed E-state index contributed by atoms with van der Waals surface area (Å²) in [6.45, 7) is 9.45. The zero-order valence-electron chi connectivity index (χ0n) is 9.18. The largest absolute Gasteiger partial charge is 0.295 e. The van der Waals surface area contributed by atoms with E-state index in [4.69, 9.17) is 11.6 Å². The minimum Gasteiger partial charge on any atom is -0.295 e. The maximum absolute atomic E-state index is 5.90. The highest BCUT2D eigenvalue weighted by Crippen LogP contribution is 2.24. The van der Waals surface area contributed by atoms with E-state index < -0.39 is 0 Å². The third-order valence-electron chi connectivity index (χ3n) is 2.40. The highest BCUT2D eigenvalue weighted by Gasteiger charge is 2.16. The second-order valence-corrected chi connectivity index (χ2v) is 3.65. The van der Waals surface area contributed by atoms with Crippen molar-refractivity contribution in [1.29, 1.82) is 0 Å². The summed E-state index contributed by atoms with van der Waals surface area (Å²) in [4.78, 5) is 2.40. The van der Waals surface area contributed by atoms with E-state index >= 15 is 0 Å². The lowest BCUT2D eigenvalue weighted by atomic mass is 10.1. The van der Waals surface area contributed by atoms with Gasteiger partial charge in [-0.25, -0.2) is 0 Å². The number of nitrogens with zero attached hydrogens (tertiary/aromatic N) is 1. The quantitative estimate of drug-likeness (QED) is 0.685. The van der Waals surface area contributed by atoms with Gasteiger partial charge in [-0.05, 0) is 29.8 Å². The van der Waals surface area contributed by atoms with Crippen molar-refractivity contribution in [3.63, 3.8) is 0 Å². The van der Waals surface area contributed by atoms with Crippen LogP contribution < -0.4 is 0 Å². The van der Waals surface area contributed by atoms with Crippen LogP contribution in [0, 0.1) is 0 Å². The minimum atomic E-state index is 0.853. The van der Waals surface area contributed by atoms with Crippen LogP contribution in [0.3, 0.4) is 0 Å². The first-order valence-corrected chi connectivity index (χ1v) is 5.67. The van der Waals surface area contributed by atoms with Crippen molar-refractivity contribution in [1.82, 2.24) is 4.90 Å². The molecule has 1 nitrogen and oxygen atoms in total. The predicted octanol–water partition coefficient (Wildman–Crippen LogP) is 3.70. The standard InChI is InChI=1S/C10H12ClN.C2H6/c1-2-12-6-8-3-4-10(11)5-9(8)7-12;1-2/h3-5H,2,6-7H2,1H3;1-2H3. The molecular weight excluding hydrogens is 194 g/mol. The Kier molecular flexibility index (Phi) is 4.43. The Morgan fingerprint density at radius 2 is 1.86 bits per heavy atom. The molecule has 0 bridgehead atoms. The number of rotatable bonds is 1. The van der Waals surface area contributed by atoms with Gasteiger partial charge in [0.25, 0.3) is 0 Å². The number of halogens is 1. The van der Waals surface area contributed by atoms with E-state index in [1.165, 1.54) is 11.1 Å². The van der Waals surface area contributed by atoms with Crippen LogP contribution in [0.2, 0.25) is 5.02 Å². The summed E-state index contributed by atoms with van der Waals surface area (Å²) >= 11 is 5.90. The van der Waals surface area contributed by atoms with Crippen molar-refractivity contribution >= 4 is 11.6 Å². The average Bonchev–Trinajstić information content (AvgIpc) is 2.62. The molecule has 1 heterocycles. The van der Waals surface area contributed by atoms with Gasteiger partial charge in [-0.15, -0.1) is 0 Å². The van der Waals surface area contributed by atoms with Crippen molar-refractivity contribution in [2.45, 2.75) is 33.9 Å². The molecule has 0 saturated carbocycles. The van der Waals surface area contributed by atoms with Crippen LogP contribution >= 0.6 is 11.6 Å². The normalized spacial score (nSPS) is 14.6. The van der Waals surface area contributed by atoms with Crippen LogP contribution in [0.5, 0.6) is 0 Å². The maximum Gasteiger partial charge on any atom is 0.0409 e. The molecule has 0 radical (unpaired) electrons. The van der Waals surface area contributed by atoms with Crippen LogP contribution in [0.1, 0.15) is 31.9 Å². The Labute approximate surface area is 91.7 Å². The molecule has 0 spiro atoms. The first-order chi connectivity index (χ1) is 6.79. The fraction of sp³-hybridized carbons (Fsp3) is 0.500. The SMILES string of the molecule is CC.CCN1Cc2ccc(Cl)cc2C1. The molecule has 0 unspecified atom stereocenters. The van der Waals surface area contributed by atoms with Gasteiger partial charge in [-0.2, -0.15) is 0 Å². The molecule has 0 saturated heterocycles. The third-order valence-corrected chi connectivity index (χ3v) is 2.64. The van der Waals surface area contributed by atoms with Crippen molar-refractivity contribution in [3.05, 3.63) is 34.3 Å². The minimum absolute atomic E-state index is 0.853. The van der Waals surface area contributed by atoms with Gasteiger partial charge < -0.3 is 0 Å². The maximum atomic E-state index is 5.90. The third kappa shape index (κ3) is 2.49. The number of hydrogen-bond donors (Lipinski definition) is 0. The lowest BCUT2D eigenvalue weighted by Gasteiger charge is -2.09. The Bertz CT molecular complexity index is 296. The van der Waals surface area contributed by atoms with Gasteiger partial charge in [-0.1, -0.05) is 38.4 Å². The van der Waals surface area contributed by atoms with E-state index in [2.05, 4.69) is 24.0 Å². The number of hydrogen-bond acceptors (Lipinski definition) is 1. The summed E-state index contributed by atoms with van der Waals surface area (Å²) in [5.41, 5.74) is 2.82. The van der Waals surface area contributed by atoms with Crippen molar-refractivity contribution in [2.75, 3.05) is 6.54 Å². The monoisotopic (exact) mass is 211 g/mol.